The van der Waals surface area contributed by atoms with E-state index < -0.39 is 0 Å². The van der Waals surface area contributed by atoms with E-state index in [4.69, 9.17) is 9.47 Å². The van der Waals surface area contributed by atoms with Crippen LogP contribution < -0.4 is 14.8 Å². The predicted molar refractivity (Wildman–Crippen MR) is 84.3 cm³/mol. The van der Waals surface area contributed by atoms with Crippen LogP contribution in [0.1, 0.15) is 25.3 Å². The van der Waals surface area contributed by atoms with Crippen molar-refractivity contribution in [3.8, 4) is 11.5 Å². The van der Waals surface area contributed by atoms with Crippen LogP contribution in [-0.2, 0) is 6.42 Å². The van der Waals surface area contributed by atoms with Gasteiger partial charge in [-0.3, -0.25) is 0 Å². The van der Waals surface area contributed by atoms with Gasteiger partial charge in [0.1, 0.15) is 13.2 Å². The van der Waals surface area contributed by atoms with Gasteiger partial charge >= 0.3 is 0 Å². The Morgan fingerprint density at radius 1 is 1.24 bits per heavy atom. The molecule has 2 unspecified atom stereocenters. The molecular formula is C17H26N2O2. The van der Waals surface area contributed by atoms with E-state index in [1.54, 1.807) is 0 Å². The highest BCUT2D eigenvalue weighted by Gasteiger charge is 2.22. The molecule has 1 fully saturated rings. The molecule has 3 rings (SSSR count). The molecule has 2 atom stereocenters. The Morgan fingerprint density at radius 2 is 2.05 bits per heavy atom. The Balaban J connectivity index is 1.47. The molecule has 4 nitrogen and oxygen atoms in total. The summed E-state index contributed by atoms with van der Waals surface area (Å²) in [5.74, 6) is 1.77. The van der Waals surface area contributed by atoms with Gasteiger partial charge in [0, 0.05) is 12.1 Å². The maximum absolute atomic E-state index is 5.64. The number of fused-ring (bicyclic) bond motifs is 1. The van der Waals surface area contributed by atoms with E-state index in [2.05, 4.69) is 36.3 Å². The highest BCUT2D eigenvalue weighted by atomic mass is 16.6. The SMILES string of the molecule is CC1CC(NCCc2ccc3c(c2)OCCO3)CCN1C. The molecule has 116 valence electrons. The minimum absolute atomic E-state index is 0.655. The summed E-state index contributed by atoms with van der Waals surface area (Å²) in [6.45, 7) is 5.85. The summed E-state index contributed by atoms with van der Waals surface area (Å²) in [4.78, 5) is 2.44. The number of ether oxygens (including phenoxy) is 2. The maximum atomic E-state index is 5.64. The second-order valence-corrected chi connectivity index (χ2v) is 6.23. The minimum atomic E-state index is 0.655. The molecule has 2 aliphatic rings. The molecule has 0 amide bonds. The van der Waals surface area contributed by atoms with Crippen LogP contribution in [0.5, 0.6) is 11.5 Å². The summed E-state index contributed by atoms with van der Waals surface area (Å²) in [7, 11) is 2.22. The van der Waals surface area contributed by atoms with Crippen molar-refractivity contribution in [1.29, 1.82) is 0 Å². The van der Waals surface area contributed by atoms with Gasteiger partial charge in [0.15, 0.2) is 11.5 Å². The lowest BCUT2D eigenvalue weighted by molar-refractivity contribution is 0.169. The zero-order chi connectivity index (χ0) is 14.7. The van der Waals surface area contributed by atoms with Crippen LogP contribution in [0.15, 0.2) is 18.2 Å². The van der Waals surface area contributed by atoms with Crippen molar-refractivity contribution in [2.75, 3.05) is 33.4 Å². The standard InChI is InChI=1S/C17H26N2O2/c1-13-11-15(6-8-19(13)2)18-7-5-14-3-4-16-17(12-14)21-10-9-20-16/h3-4,12-13,15,18H,5-11H2,1-2H3. The van der Waals surface area contributed by atoms with E-state index in [0.29, 0.717) is 25.3 Å². The second-order valence-electron chi connectivity index (χ2n) is 6.23. The van der Waals surface area contributed by atoms with Gasteiger partial charge < -0.3 is 19.7 Å². The Labute approximate surface area is 127 Å². The summed E-state index contributed by atoms with van der Waals surface area (Å²) < 4.78 is 11.2. The summed E-state index contributed by atoms with van der Waals surface area (Å²) >= 11 is 0. The predicted octanol–water partition coefficient (Wildman–Crippen LogP) is 2.07. The van der Waals surface area contributed by atoms with Gasteiger partial charge in [-0.2, -0.15) is 0 Å². The average molecular weight is 290 g/mol. The number of nitrogens with one attached hydrogen (secondary N) is 1. The lowest BCUT2D eigenvalue weighted by Crippen LogP contribution is -2.46. The second kappa shape index (κ2) is 6.67. The number of rotatable bonds is 4. The van der Waals surface area contributed by atoms with Gasteiger partial charge in [-0.1, -0.05) is 6.07 Å². The Morgan fingerprint density at radius 3 is 2.86 bits per heavy atom. The van der Waals surface area contributed by atoms with Gasteiger partial charge in [0.2, 0.25) is 0 Å². The molecule has 0 spiro atoms. The van der Waals surface area contributed by atoms with E-state index in [0.717, 1.165) is 24.5 Å². The van der Waals surface area contributed by atoms with E-state index in [1.165, 1.54) is 24.9 Å². The van der Waals surface area contributed by atoms with E-state index >= 15 is 0 Å². The summed E-state index contributed by atoms with van der Waals surface area (Å²) in [6.07, 6.45) is 3.54. The van der Waals surface area contributed by atoms with Gasteiger partial charge in [0.25, 0.3) is 0 Å². The molecule has 1 aromatic carbocycles. The van der Waals surface area contributed by atoms with Crippen molar-refractivity contribution in [1.82, 2.24) is 10.2 Å². The first kappa shape index (κ1) is 14.7. The van der Waals surface area contributed by atoms with Crippen molar-refractivity contribution >= 4 is 0 Å². The van der Waals surface area contributed by atoms with Gasteiger partial charge in [-0.25, -0.2) is 0 Å². The van der Waals surface area contributed by atoms with Crippen molar-refractivity contribution < 1.29 is 9.47 Å². The number of piperidine rings is 1. The fourth-order valence-corrected chi connectivity index (χ4v) is 3.14. The van der Waals surface area contributed by atoms with Crippen molar-refractivity contribution in [2.24, 2.45) is 0 Å². The van der Waals surface area contributed by atoms with Crippen LogP contribution in [-0.4, -0.2) is 50.3 Å². The molecular weight excluding hydrogens is 264 g/mol. The van der Waals surface area contributed by atoms with E-state index in [9.17, 15) is 0 Å². The van der Waals surface area contributed by atoms with Crippen LogP contribution in [0.25, 0.3) is 0 Å². The topological polar surface area (TPSA) is 33.7 Å². The van der Waals surface area contributed by atoms with Crippen LogP contribution in [0.4, 0.5) is 0 Å². The largest absolute Gasteiger partial charge is 0.486 e. The van der Waals surface area contributed by atoms with E-state index in [-0.39, 0.29) is 0 Å². The highest BCUT2D eigenvalue weighted by molar-refractivity contribution is 5.43. The number of hydrogen-bond acceptors (Lipinski definition) is 4. The Hall–Kier alpha value is -1.26. The quantitative estimate of drug-likeness (QED) is 0.920. The van der Waals surface area contributed by atoms with Crippen LogP contribution in [0, 0.1) is 0 Å². The van der Waals surface area contributed by atoms with E-state index in [1.807, 2.05) is 6.07 Å². The van der Waals surface area contributed by atoms with Crippen molar-refractivity contribution in [3.05, 3.63) is 23.8 Å². The van der Waals surface area contributed by atoms with Crippen molar-refractivity contribution in [2.45, 2.75) is 38.3 Å². The summed E-state index contributed by atoms with van der Waals surface area (Å²) in [5, 5.41) is 3.70. The first-order valence-corrected chi connectivity index (χ1v) is 8.04. The Bertz CT molecular complexity index is 478. The molecule has 0 bridgehead atoms. The summed E-state index contributed by atoms with van der Waals surface area (Å²) in [6, 6.07) is 7.64. The lowest BCUT2D eigenvalue weighted by Gasteiger charge is -2.35. The number of hydrogen-bond donors (Lipinski definition) is 1. The molecule has 1 aromatic rings. The number of likely N-dealkylation sites (tertiary alicyclic amines) is 1. The first-order chi connectivity index (χ1) is 10.2. The third-order valence-corrected chi connectivity index (χ3v) is 4.66. The number of nitrogens with zero attached hydrogens (tertiary/aromatic N) is 1. The van der Waals surface area contributed by atoms with Crippen LogP contribution in [0.3, 0.4) is 0 Å². The highest BCUT2D eigenvalue weighted by Crippen LogP contribution is 2.30. The normalized spacial score (nSPS) is 25.8. The van der Waals surface area contributed by atoms with Gasteiger partial charge in [-0.15, -0.1) is 0 Å². The monoisotopic (exact) mass is 290 g/mol. The third kappa shape index (κ3) is 3.69. The van der Waals surface area contributed by atoms with Gasteiger partial charge in [0.05, 0.1) is 0 Å². The fraction of sp³-hybridized carbons (Fsp3) is 0.647. The molecule has 4 heteroatoms. The third-order valence-electron chi connectivity index (χ3n) is 4.66. The zero-order valence-corrected chi connectivity index (χ0v) is 13.1. The molecule has 2 aliphatic heterocycles. The number of benzene rings is 1. The molecule has 1 N–H and O–H groups in total. The zero-order valence-electron chi connectivity index (χ0n) is 13.1. The molecule has 0 saturated carbocycles. The summed E-state index contributed by atoms with van der Waals surface area (Å²) in [5.41, 5.74) is 1.31. The van der Waals surface area contributed by atoms with Crippen molar-refractivity contribution in [3.63, 3.8) is 0 Å². The average Bonchev–Trinajstić information content (AvgIpc) is 2.51. The van der Waals surface area contributed by atoms with Crippen LogP contribution in [0.2, 0.25) is 0 Å². The molecule has 1 saturated heterocycles. The lowest BCUT2D eigenvalue weighted by atomic mass is 9.99. The minimum Gasteiger partial charge on any atom is -0.486 e. The molecule has 0 aromatic heterocycles. The Kier molecular flexibility index (Phi) is 4.66. The maximum Gasteiger partial charge on any atom is 0.161 e. The molecule has 0 radical (unpaired) electrons. The molecule has 0 aliphatic carbocycles. The molecule has 21 heavy (non-hydrogen) atoms. The van der Waals surface area contributed by atoms with Crippen LogP contribution >= 0.6 is 0 Å². The first-order valence-electron chi connectivity index (χ1n) is 8.04. The van der Waals surface area contributed by atoms with Gasteiger partial charge in [-0.05, 0) is 64.0 Å². The molecule has 2 heterocycles. The fourth-order valence-electron chi connectivity index (χ4n) is 3.14. The smallest absolute Gasteiger partial charge is 0.161 e.